The summed E-state index contributed by atoms with van der Waals surface area (Å²) >= 11 is 5.93. The van der Waals surface area contributed by atoms with Gasteiger partial charge in [-0.3, -0.25) is 14.5 Å². The van der Waals surface area contributed by atoms with E-state index in [1.54, 1.807) is 23.1 Å². The van der Waals surface area contributed by atoms with Crippen molar-refractivity contribution in [2.75, 3.05) is 26.2 Å². The van der Waals surface area contributed by atoms with Gasteiger partial charge in [-0.15, -0.1) is 0 Å². The summed E-state index contributed by atoms with van der Waals surface area (Å²) in [4.78, 5) is 34.0. The summed E-state index contributed by atoms with van der Waals surface area (Å²) in [5.74, 6) is 0.919. The van der Waals surface area contributed by atoms with E-state index >= 15 is 0 Å². The number of fused-ring (bicyclic) bond motifs is 1. The standard InChI is InChI=1S/C24H23ClN6O3/c1-16-19-4-2-3-5-20(19)24(33)31(27-16)15-22(32)30-12-10-29(11-13-30)14-21-26-23(28-34-21)17-6-8-18(25)9-7-17/h2-9H,10-15H2,1H3. The van der Waals surface area contributed by atoms with Gasteiger partial charge in [0.15, 0.2) is 0 Å². The van der Waals surface area contributed by atoms with E-state index in [0.29, 0.717) is 54.8 Å². The number of carbonyl (C=O) groups excluding carboxylic acids is 1. The molecule has 1 aliphatic heterocycles. The second-order valence-electron chi connectivity index (χ2n) is 8.27. The van der Waals surface area contributed by atoms with Crippen molar-refractivity contribution in [2.45, 2.75) is 20.0 Å². The smallest absolute Gasteiger partial charge is 0.275 e. The first-order chi connectivity index (χ1) is 16.5. The van der Waals surface area contributed by atoms with Crippen LogP contribution in [-0.2, 0) is 17.9 Å². The monoisotopic (exact) mass is 478 g/mol. The van der Waals surface area contributed by atoms with E-state index in [0.717, 1.165) is 16.6 Å². The molecule has 0 radical (unpaired) electrons. The van der Waals surface area contributed by atoms with E-state index in [-0.39, 0.29) is 18.0 Å². The number of nitrogens with zero attached hydrogens (tertiary/aromatic N) is 6. The number of aromatic nitrogens is 4. The Bertz CT molecular complexity index is 1390. The quantitative estimate of drug-likeness (QED) is 0.435. The molecule has 0 saturated carbocycles. The summed E-state index contributed by atoms with van der Waals surface area (Å²) < 4.78 is 6.67. The molecular formula is C24H23ClN6O3. The van der Waals surface area contributed by atoms with Crippen molar-refractivity contribution in [3.8, 4) is 11.4 Å². The van der Waals surface area contributed by atoms with E-state index in [2.05, 4.69) is 20.1 Å². The minimum absolute atomic E-state index is 0.0708. The lowest BCUT2D eigenvalue weighted by molar-refractivity contribution is -0.134. The van der Waals surface area contributed by atoms with Crippen molar-refractivity contribution < 1.29 is 9.32 Å². The molecule has 5 rings (SSSR count). The Hall–Kier alpha value is -3.56. The van der Waals surface area contributed by atoms with Crippen LogP contribution in [0.3, 0.4) is 0 Å². The lowest BCUT2D eigenvalue weighted by atomic mass is 10.1. The van der Waals surface area contributed by atoms with Gasteiger partial charge in [0.05, 0.1) is 17.6 Å². The lowest BCUT2D eigenvalue weighted by Crippen LogP contribution is -2.49. The summed E-state index contributed by atoms with van der Waals surface area (Å²) in [6.45, 7) is 4.73. The van der Waals surface area contributed by atoms with Crippen molar-refractivity contribution in [3.63, 3.8) is 0 Å². The van der Waals surface area contributed by atoms with Gasteiger partial charge in [0, 0.05) is 42.2 Å². The molecular weight excluding hydrogens is 456 g/mol. The molecule has 1 aliphatic rings. The Labute approximate surface area is 200 Å². The fourth-order valence-corrected chi connectivity index (χ4v) is 4.25. The normalized spacial score (nSPS) is 14.6. The van der Waals surface area contributed by atoms with Crippen molar-refractivity contribution in [2.24, 2.45) is 0 Å². The third-order valence-corrected chi connectivity index (χ3v) is 6.24. The number of hydrogen-bond acceptors (Lipinski definition) is 7. The maximum absolute atomic E-state index is 12.9. The number of benzene rings is 2. The molecule has 0 unspecified atom stereocenters. The first-order valence-corrected chi connectivity index (χ1v) is 11.4. The maximum atomic E-state index is 12.9. The van der Waals surface area contributed by atoms with Gasteiger partial charge in [0.1, 0.15) is 6.54 Å². The summed E-state index contributed by atoms with van der Waals surface area (Å²) in [5, 5.41) is 10.4. The highest BCUT2D eigenvalue weighted by atomic mass is 35.5. The molecule has 9 nitrogen and oxygen atoms in total. The zero-order valence-electron chi connectivity index (χ0n) is 18.6. The summed E-state index contributed by atoms with van der Waals surface area (Å²) in [7, 11) is 0. The number of halogens is 1. The van der Waals surface area contributed by atoms with E-state index in [4.69, 9.17) is 16.1 Å². The molecule has 174 valence electrons. The van der Waals surface area contributed by atoms with Crippen molar-refractivity contribution in [3.05, 3.63) is 75.5 Å². The predicted octanol–water partition coefficient (Wildman–Crippen LogP) is 2.75. The van der Waals surface area contributed by atoms with Gasteiger partial charge in [0.2, 0.25) is 17.6 Å². The van der Waals surface area contributed by atoms with Crippen LogP contribution in [0.25, 0.3) is 22.2 Å². The molecule has 2 aromatic heterocycles. The SMILES string of the molecule is Cc1nn(CC(=O)N2CCN(Cc3nc(-c4ccc(Cl)cc4)no3)CC2)c(=O)c2ccccc12. The Morgan fingerprint density at radius 3 is 2.47 bits per heavy atom. The largest absolute Gasteiger partial charge is 0.339 e. The molecule has 0 atom stereocenters. The zero-order valence-corrected chi connectivity index (χ0v) is 19.4. The maximum Gasteiger partial charge on any atom is 0.275 e. The third-order valence-electron chi connectivity index (χ3n) is 5.99. The van der Waals surface area contributed by atoms with Gasteiger partial charge in [-0.05, 0) is 37.3 Å². The molecule has 1 amide bonds. The molecule has 0 spiro atoms. The molecule has 0 bridgehead atoms. The molecule has 4 aromatic rings. The summed E-state index contributed by atoms with van der Waals surface area (Å²) in [5.41, 5.74) is 1.31. The molecule has 0 aliphatic carbocycles. The Balaban J connectivity index is 1.19. The number of amides is 1. The van der Waals surface area contributed by atoms with E-state index < -0.39 is 0 Å². The van der Waals surface area contributed by atoms with E-state index in [1.807, 2.05) is 37.3 Å². The summed E-state index contributed by atoms with van der Waals surface area (Å²) in [6, 6.07) is 14.6. The number of piperazine rings is 1. The molecule has 2 aromatic carbocycles. The first kappa shape index (κ1) is 22.2. The van der Waals surface area contributed by atoms with Crippen LogP contribution < -0.4 is 5.56 Å². The first-order valence-electron chi connectivity index (χ1n) is 11.0. The highest BCUT2D eigenvalue weighted by molar-refractivity contribution is 6.30. The Morgan fingerprint density at radius 1 is 1.03 bits per heavy atom. The molecule has 0 N–H and O–H groups in total. The van der Waals surface area contributed by atoms with Gasteiger partial charge in [-0.25, -0.2) is 4.68 Å². The van der Waals surface area contributed by atoms with Crippen LogP contribution in [-0.4, -0.2) is 61.8 Å². The third kappa shape index (κ3) is 4.57. The Morgan fingerprint density at radius 2 is 1.74 bits per heavy atom. The number of hydrogen-bond donors (Lipinski definition) is 0. The van der Waals surface area contributed by atoms with Crippen LogP contribution in [0.4, 0.5) is 0 Å². The van der Waals surface area contributed by atoms with Gasteiger partial charge >= 0.3 is 0 Å². The van der Waals surface area contributed by atoms with Gasteiger partial charge in [-0.2, -0.15) is 10.1 Å². The number of rotatable bonds is 5. The minimum Gasteiger partial charge on any atom is -0.339 e. The second-order valence-corrected chi connectivity index (χ2v) is 8.71. The molecule has 1 saturated heterocycles. The van der Waals surface area contributed by atoms with Crippen molar-refractivity contribution in [1.29, 1.82) is 0 Å². The highest BCUT2D eigenvalue weighted by Crippen LogP contribution is 2.19. The average molecular weight is 479 g/mol. The van der Waals surface area contributed by atoms with E-state index in [9.17, 15) is 9.59 Å². The fourth-order valence-electron chi connectivity index (χ4n) is 4.12. The molecule has 1 fully saturated rings. The van der Waals surface area contributed by atoms with Crippen LogP contribution >= 0.6 is 11.6 Å². The van der Waals surface area contributed by atoms with Crippen LogP contribution in [0.15, 0.2) is 57.8 Å². The van der Waals surface area contributed by atoms with Gasteiger partial charge in [-0.1, -0.05) is 35.0 Å². The molecule has 34 heavy (non-hydrogen) atoms. The van der Waals surface area contributed by atoms with E-state index in [1.165, 1.54) is 4.68 Å². The molecule has 10 heteroatoms. The second kappa shape index (κ2) is 9.36. The van der Waals surface area contributed by atoms with Crippen LogP contribution in [0.5, 0.6) is 0 Å². The fraction of sp³-hybridized carbons (Fsp3) is 0.292. The molecule has 3 heterocycles. The minimum atomic E-state index is -0.249. The summed E-state index contributed by atoms with van der Waals surface area (Å²) in [6.07, 6.45) is 0. The average Bonchev–Trinajstić information content (AvgIpc) is 3.31. The zero-order chi connectivity index (χ0) is 23.7. The van der Waals surface area contributed by atoms with Crippen molar-refractivity contribution in [1.82, 2.24) is 29.7 Å². The van der Waals surface area contributed by atoms with Crippen molar-refractivity contribution >= 4 is 28.3 Å². The van der Waals surface area contributed by atoms with Gasteiger partial charge in [0.25, 0.3) is 5.56 Å². The topological polar surface area (TPSA) is 97.4 Å². The Kier molecular flexibility index (Phi) is 6.12. The number of aryl methyl sites for hydroxylation is 1. The van der Waals surface area contributed by atoms with Crippen LogP contribution in [0, 0.1) is 6.92 Å². The van der Waals surface area contributed by atoms with Gasteiger partial charge < -0.3 is 9.42 Å². The number of carbonyl (C=O) groups is 1. The van der Waals surface area contributed by atoms with Crippen LogP contribution in [0.2, 0.25) is 5.02 Å². The lowest BCUT2D eigenvalue weighted by Gasteiger charge is -2.34. The highest BCUT2D eigenvalue weighted by Gasteiger charge is 2.23. The van der Waals surface area contributed by atoms with Crippen LogP contribution in [0.1, 0.15) is 11.6 Å². The predicted molar refractivity (Wildman–Crippen MR) is 127 cm³/mol.